The third-order valence-corrected chi connectivity index (χ3v) is 7.79. The Labute approximate surface area is 265 Å². The van der Waals surface area contributed by atoms with Crippen LogP contribution in [0.25, 0.3) is 6.08 Å². The monoisotopic (exact) mass is 617 g/mol. The molecule has 5 aromatic rings. The van der Waals surface area contributed by atoms with Gasteiger partial charge in [0, 0.05) is 32.5 Å². The minimum Gasteiger partial charge on any atom is -0.321 e. The fourth-order valence-corrected chi connectivity index (χ4v) is 5.35. The summed E-state index contributed by atoms with van der Waals surface area (Å²) in [4.78, 5) is 42.4. The molecule has 0 saturated heterocycles. The van der Waals surface area contributed by atoms with Crippen LogP contribution < -0.4 is 15.5 Å². The lowest BCUT2D eigenvalue weighted by molar-refractivity contribution is -0.115. The molecule has 0 aliphatic rings. The molecular formula is C36H28ClN3O3S. The lowest BCUT2D eigenvalue weighted by Gasteiger charge is -2.23. The predicted octanol–water partition coefficient (Wildman–Crippen LogP) is 8.21. The maximum Gasteiger partial charge on any atom is 0.272 e. The number of carbonyl (C=O) groups is 3. The Morgan fingerprint density at radius 1 is 0.705 bits per heavy atom. The average molecular weight is 618 g/mol. The first-order chi connectivity index (χ1) is 21.5. The number of para-hydroxylation sites is 2. The average Bonchev–Trinajstić information content (AvgIpc) is 3.06. The topological polar surface area (TPSA) is 78.5 Å². The fourth-order valence-electron chi connectivity index (χ4n) is 4.35. The Bertz CT molecular complexity index is 1740. The van der Waals surface area contributed by atoms with Crippen molar-refractivity contribution in [3.63, 3.8) is 0 Å². The molecule has 44 heavy (non-hydrogen) atoms. The first-order valence-corrected chi connectivity index (χ1v) is 15.1. The van der Waals surface area contributed by atoms with Gasteiger partial charge in [-0.1, -0.05) is 90.5 Å². The molecule has 0 aromatic heterocycles. The normalized spacial score (nSPS) is 11.0. The second-order valence-corrected chi connectivity index (χ2v) is 11.0. The Morgan fingerprint density at radius 3 is 1.93 bits per heavy atom. The Kier molecular flexibility index (Phi) is 10.3. The number of rotatable bonds is 10. The van der Waals surface area contributed by atoms with Crippen LogP contribution >= 0.6 is 23.4 Å². The number of thioether (sulfide) groups is 1. The van der Waals surface area contributed by atoms with E-state index in [1.165, 1.54) is 17.8 Å². The minimum atomic E-state index is -0.522. The Balaban J connectivity index is 1.32. The molecular weight excluding hydrogens is 590 g/mol. The van der Waals surface area contributed by atoms with Crippen LogP contribution in [-0.2, 0) is 9.59 Å². The van der Waals surface area contributed by atoms with Gasteiger partial charge in [-0.15, -0.1) is 11.8 Å². The van der Waals surface area contributed by atoms with E-state index in [1.54, 1.807) is 71.6 Å². The summed E-state index contributed by atoms with van der Waals surface area (Å²) in [7, 11) is 0. The SMILES string of the molecule is O=C(Nc1cccc(SCC(=O)N(c2ccccc2)c2ccccc2)c1)/C(=C/c1ccccc1Cl)NC(=O)c1ccccc1. The van der Waals surface area contributed by atoms with Crippen LogP contribution in [-0.4, -0.2) is 23.5 Å². The van der Waals surface area contributed by atoms with Crippen LogP contribution in [0.2, 0.25) is 5.02 Å². The van der Waals surface area contributed by atoms with Gasteiger partial charge in [0.25, 0.3) is 11.8 Å². The zero-order chi connectivity index (χ0) is 30.7. The van der Waals surface area contributed by atoms with E-state index in [9.17, 15) is 14.4 Å². The van der Waals surface area contributed by atoms with E-state index in [4.69, 9.17) is 11.6 Å². The van der Waals surface area contributed by atoms with Crippen LogP contribution in [0.15, 0.2) is 150 Å². The second-order valence-electron chi connectivity index (χ2n) is 9.57. The molecule has 2 N–H and O–H groups in total. The van der Waals surface area contributed by atoms with Gasteiger partial charge < -0.3 is 10.6 Å². The third-order valence-electron chi connectivity index (χ3n) is 6.47. The van der Waals surface area contributed by atoms with E-state index in [0.29, 0.717) is 21.8 Å². The summed E-state index contributed by atoms with van der Waals surface area (Å²) < 4.78 is 0. The maximum absolute atomic E-state index is 13.5. The van der Waals surface area contributed by atoms with E-state index in [-0.39, 0.29) is 17.4 Å². The van der Waals surface area contributed by atoms with Crippen LogP contribution in [0.1, 0.15) is 15.9 Å². The summed E-state index contributed by atoms with van der Waals surface area (Å²) in [6.45, 7) is 0. The predicted molar refractivity (Wildman–Crippen MR) is 179 cm³/mol. The minimum absolute atomic E-state index is 0.0292. The molecule has 0 radical (unpaired) electrons. The zero-order valence-electron chi connectivity index (χ0n) is 23.5. The van der Waals surface area contributed by atoms with Crippen LogP contribution in [0, 0.1) is 0 Å². The van der Waals surface area contributed by atoms with Crippen molar-refractivity contribution < 1.29 is 14.4 Å². The standard InChI is InChI=1S/C36H28ClN3O3S/c37-32-22-11-10-15-27(32)23-33(39-35(42)26-13-4-1-5-14-26)36(43)38-28-16-12-21-31(24-28)44-25-34(41)40(29-17-6-2-7-18-29)30-19-8-3-9-20-30/h1-24H,25H2,(H,38,43)(H,39,42)/b33-23-. The van der Waals surface area contributed by atoms with Crippen molar-refractivity contribution in [2.24, 2.45) is 0 Å². The number of halogens is 1. The van der Waals surface area contributed by atoms with E-state index < -0.39 is 11.8 Å². The molecule has 0 atom stereocenters. The molecule has 5 aromatic carbocycles. The molecule has 0 unspecified atom stereocenters. The van der Waals surface area contributed by atoms with Crippen molar-refractivity contribution in [2.75, 3.05) is 16.0 Å². The van der Waals surface area contributed by atoms with Gasteiger partial charge in [0.1, 0.15) is 5.70 Å². The molecule has 0 saturated carbocycles. The zero-order valence-corrected chi connectivity index (χ0v) is 25.1. The summed E-state index contributed by atoms with van der Waals surface area (Å²) in [6, 6.07) is 41.9. The first kappa shape index (κ1) is 30.4. The van der Waals surface area contributed by atoms with Crippen molar-refractivity contribution in [3.05, 3.63) is 161 Å². The first-order valence-electron chi connectivity index (χ1n) is 13.8. The number of benzene rings is 5. The summed E-state index contributed by atoms with van der Waals surface area (Å²) in [5.41, 5.74) is 3.09. The van der Waals surface area contributed by atoms with Crippen molar-refractivity contribution in [2.45, 2.75) is 4.90 Å². The highest BCUT2D eigenvalue weighted by atomic mass is 35.5. The lowest BCUT2D eigenvalue weighted by atomic mass is 10.1. The Morgan fingerprint density at radius 2 is 1.30 bits per heavy atom. The molecule has 0 spiro atoms. The molecule has 8 heteroatoms. The number of nitrogens with zero attached hydrogens (tertiary/aromatic N) is 1. The highest BCUT2D eigenvalue weighted by Gasteiger charge is 2.19. The molecule has 5 rings (SSSR count). The summed E-state index contributed by atoms with van der Waals surface area (Å²) in [6.07, 6.45) is 1.54. The van der Waals surface area contributed by atoms with Crippen LogP contribution in [0.3, 0.4) is 0 Å². The van der Waals surface area contributed by atoms with Gasteiger partial charge in [-0.05, 0) is 72.3 Å². The van der Waals surface area contributed by atoms with Gasteiger partial charge in [0.15, 0.2) is 0 Å². The molecule has 218 valence electrons. The van der Waals surface area contributed by atoms with Crippen molar-refractivity contribution in [1.82, 2.24) is 5.32 Å². The van der Waals surface area contributed by atoms with Crippen molar-refractivity contribution in [3.8, 4) is 0 Å². The maximum atomic E-state index is 13.5. The summed E-state index contributed by atoms with van der Waals surface area (Å²) in [5, 5.41) is 6.03. The third kappa shape index (κ3) is 8.04. The number of nitrogens with one attached hydrogen (secondary N) is 2. The van der Waals surface area contributed by atoms with E-state index in [0.717, 1.165) is 16.3 Å². The van der Waals surface area contributed by atoms with Crippen LogP contribution in [0.4, 0.5) is 17.1 Å². The van der Waals surface area contributed by atoms with Gasteiger partial charge in [-0.2, -0.15) is 0 Å². The number of carbonyl (C=O) groups excluding carboxylic acids is 3. The number of anilines is 3. The second kappa shape index (κ2) is 14.9. The highest BCUT2D eigenvalue weighted by Crippen LogP contribution is 2.28. The van der Waals surface area contributed by atoms with Gasteiger partial charge in [-0.25, -0.2) is 0 Å². The van der Waals surface area contributed by atoms with E-state index >= 15 is 0 Å². The quantitative estimate of drug-likeness (QED) is 0.122. The molecule has 0 aliphatic heterocycles. The van der Waals surface area contributed by atoms with Crippen molar-refractivity contribution >= 4 is 64.2 Å². The van der Waals surface area contributed by atoms with E-state index in [2.05, 4.69) is 10.6 Å². The smallest absolute Gasteiger partial charge is 0.272 e. The van der Waals surface area contributed by atoms with Gasteiger partial charge >= 0.3 is 0 Å². The molecule has 0 fully saturated rings. The van der Waals surface area contributed by atoms with Gasteiger partial charge in [0.2, 0.25) is 5.91 Å². The molecule has 6 nitrogen and oxygen atoms in total. The summed E-state index contributed by atoms with van der Waals surface area (Å²) >= 11 is 7.71. The van der Waals surface area contributed by atoms with Crippen LogP contribution in [0.5, 0.6) is 0 Å². The Hall–Kier alpha value is -5.11. The molecule has 3 amide bonds. The summed E-state index contributed by atoms with van der Waals surface area (Å²) in [5.74, 6) is -0.864. The largest absolute Gasteiger partial charge is 0.321 e. The number of hydrogen-bond donors (Lipinski definition) is 2. The fraction of sp³-hybridized carbons (Fsp3) is 0.0278. The lowest BCUT2D eigenvalue weighted by Crippen LogP contribution is -2.30. The number of amides is 3. The van der Waals surface area contributed by atoms with E-state index in [1.807, 2.05) is 72.8 Å². The van der Waals surface area contributed by atoms with Crippen molar-refractivity contribution in [1.29, 1.82) is 0 Å². The van der Waals surface area contributed by atoms with Gasteiger partial charge in [0.05, 0.1) is 5.75 Å². The molecule has 0 heterocycles. The number of hydrogen-bond acceptors (Lipinski definition) is 4. The van der Waals surface area contributed by atoms with Gasteiger partial charge in [-0.3, -0.25) is 19.3 Å². The molecule has 0 bridgehead atoms. The highest BCUT2D eigenvalue weighted by molar-refractivity contribution is 8.00. The molecule has 0 aliphatic carbocycles.